The van der Waals surface area contributed by atoms with Gasteiger partial charge in [-0.05, 0) is 62.8 Å². The molecule has 0 radical (unpaired) electrons. The van der Waals surface area contributed by atoms with Crippen molar-refractivity contribution in [1.82, 2.24) is 0 Å². The molecule has 1 spiro atoms. The van der Waals surface area contributed by atoms with Crippen LogP contribution in [0.2, 0.25) is 0 Å². The molecule has 0 aromatic heterocycles. The van der Waals surface area contributed by atoms with E-state index in [9.17, 15) is 5.11 Å². The van der Waals surface area contributed by atoms with E-state index in [4.69, 9.17) is 9.47 Å². The Balaban J connectivity index is 1.34. The van der Waals surface area contributed by atoms with Gasteiger partial charge in [0.15, 0.2) is 5.79 Å². The minimum atomic E-state index is -0.613. The number of aliphatic hydroxyl groups is 1. The Morgan fingerprint density at radius 2 is 1.33 bits per heavy atom. The van der Waals surface area contributed by atoms with E-state index in [0.717, 1.165) is 69.1 Å². The molecule has 1 N–H and O–H groups in total. The van der Waals surface area contributed by atoms with Crippen LogP contribution in [0.3, 0.4) is 0 Å². The predicted molar refractivity (Wildman–Crippen MR) is 93.6 cm³/mol. The zero-order valence-corrected chi connectivity index (χ0v) is 14.8. The number of hydrogen-bond acceptors (Lipinski definition) is 3. The van der Waals surface area contributed by atoms with Gasteiger partial charge in [-0.15, -0.1) is 0 Å². The summed E-state index contributed by atoms with van der Waals surface area (Å²) in [4.78, 5) is 0. The lowest BCUT2D eigenvalue weighted by molar-refractivity contribution is -0.186. The van der Waals surface area contributed by atoms with Gasteiger partial charge in [-0.25, -0.2) is 0 Å². The number of aryl methyl sites for hydroxylation is 1. The summed E-state index contributed by atoms with van der Waals surface area (Å²) in [6.45, 7) is 3.62. The SMILES string of the molecule is Cc1ccc(C2(O)CCC(C3CCC4(CC3)OCCO4)CC2)cc1. The highest BCUT2D eigenvalue weighted by molar-refractivity contribution is 5.27. The molecule has 0 bridgehead atoms. The van der Waals surface area contributed by atoms with Gasteiger partial charge < -0.3 is 14.6 Å². The summed E-state index contributed by atoms with van der Waals surface area (Å²) >= 11 is 0. The molecule has 1 heterocycles. The fourth-order valence-electron chi connectivity index (χ4n) is 5.08. The highest BCUT2D eigenvalue weighted by atomic mass is 16.7. The number of ether oxygens (including phenoxy) is 2. The van der Waals surface area contributed by atoms with Crippen LogP contribution in [0.5, 0.6) is 0 Å². The molecule has 1 aromatic carbocycles. The standard InChI is InChI=1S/C21H30O3/c1-16-2-4-19(5-3-16)20(22)10-6-17(7-11-20)18-8-12-21(13-9-18)23-14-15-24-21/h2-5,17-18,22H,6-15H2,1H3. The van der Waals surface area contributed by atoms with Crippen LogP contribution < -0.4 is 0 Å². The molecule has 24 heavy (non-hydrogen) atoms. The molecule has 3 aliphatic rings. The van der Waals surface area contributed by atoms with E-state index < -0.39 is 5.60 Å². The second-order valence-corrected chi connectivity index (χ2v) is 8.18. The van der Waals surface area contributed by atoms with E-state index in [1.54, 1.807) is 0 Å². The number of hydrogen-bond donors (Lipinski definition) is 1. The van der Waals surface area contributed by atoms with E-state index in [1.165, 1.54) is 18.4 Å². The summed E-state index contributed by atoms with van der Waals surface area (Å²) in [5.41, 5.74) is 1.74. The second kappa shape index (κ2) is 6.44. The van der Waals surface area contributed by atoms with Crippen molar-refractivity contribution in [2.45, 2.75) is 69.7 Å². The van der Waals surface area contributed by atoms with E-state index in [2.05, 4.69) is 31.2 Å². The quantitative estimate of drug-likeness (QED) is 0.878. The zero-order chi connectivity index (χ0) is 16.6. The average Bonchev–Trinajstić information content (AvgIpc) is 3.05. The smallest absolute Gasteiger partial charge is 0.168 e. The number of rotatable bonds is 2. The largest absolute Gasteiger partial charge is 0.385 e. The maximum absolute atomic E-state index is 11.1. The normalized spacial score (nSPS) is 33.8. The monoisotopic (exact) mass is 330 g/mol. The van der Waals surface area contributed by atoms with E-state index in [-0.39, 0.29) is 5.79 Å². The Bertz CT molecular complexity index is 541. The van der Waals surface area contributed by atoms with Crippen molar-refractivity contribution < 1.29 is 14.6 Å². The lowest BCUT2D eigenvalue weighted by Gasteiger charge is -2.43. The first-order valence-corrected chi connectivity index (χ1v) is 9.66. The van der Waals surface area contributed by atoms with Gasteiger partial charge >= 0.3 is 0 Å². The van der Waals surface area contributed by atoms with Crippen LogP contribution in [0.25, 0.3) is 0 Å². The molecule has 0 amide bonds. The second-order valence-electron chi connectivity index (χ2n) is 8.18. The Kier molecular flexibility index (Phi) is 4.44. The van der Waals surface area contributed by atoms with Crippen LogP contribution >= 0.6 is 0 Å². The maximum Gasteiger partial charge on any atom is 0.168 e. The molecular formula is C21H30O3. The van der Waals surface area contributed by atoms with Crippen LogP contribution in [0.15, 0.2) is 24.3 Å². The van der Waals surface area contributed by atoms with E-state index in [0.29, 0.717) is 0 Å². The fraction of sp³-hybridized carbons (Fsp3) is 0.714. The van der Waals surface area contributed by atoms with Gasteiger partial charge in [0.25, 0.3) is 0 Å². The first-order valence-electron chi connectivity index (χ1n) is 9.66. The molecular weight excluding hydrogens is 300 g/mol. The lowest BCUT2D eigenvalue weighted by Crippen LogP contribution is -2.39. The first-order chi connectivity index (χ1) is 11.6. The van der Waals surface area contributed by atoms with Gasteiger partial charge in [-0.3, -0.25) is 0 Å². The predicted octanol–water partition coefficient (Wildman–Crippen LogP) is 4.31. The molecule has 2 aliphatic carbocycles. The van der Waals surface area contributed by atoms with Crippen molar-refractivity contribution in [2.75, 3.05) is 13.2 Å². The molecule has 2 saturated carbocycles. The third-order valence-corrected chi connectivity index (χ3v) is 6.72. The molecule has 1 aliphatic heterocycles. The van der Waals surface area contributed by atoms with Gasteiger partial charge in [-0.1, -0.05) is 29.8 Å². The molecule has 0 atom stereocenters. The molecule has 132 valence electrons. The third kappa shape index (κ3) is 3.14. The molecule has 1 saturated heterocycles. The highest BCUT2D eigenvalue weighted by Crippen LogP contribution is 2.47. The van der Waals surface area contributed by atoms with Crippen molar-refractivity contribution in [3.63, 3.8) is 0 Å². The molecule has 4 rings (SSSR count). The topological polar surface area (TPSA) is 38.7 Å². The Labute approximate surface area is 145 Å². The average molecular weight is 330 g/mol. The number of benzene rings is 1. The molecule has 0 unspecified atom stereocenters. The summed E-state index contributed by atoms with van der Waals surface area (Å²) in [6.07, 6.45) is 8.62. The molecule has 3 fully saturated rings. The third-order valence-electron chi connectivity index (χ3n) is 6.72. The van der Waals surface area contributed by atoms with Crippen molar-refractivity contribution in [1.29, 1.82) is 0 Å². The van der Waals surface area contributed by atoms with Gasteiger partial charge in [0.05, 0.1) is 18.8 Å². The zero-order valence-electron chi connectivity index (χ0n) is 14.8. The van der Waals surface area contributed by atoms with Crippen molar-refractivity contribution in [3.8, 4) is 0 Å². The summed E-state index contributed by atoms with van der Waals surface area (Å²) in [5, 5.41) is 11.1. The minimum absolute atomic E-state index is 0.242. The fourth-order valence-corrected chi connectivity index (χ4v) is 5.08. The van der Waals surface area contributed by atoms with Crippen LogP contribution in [-0.2, 0) is 15.1 Å². The minimum Gasteiger partial charge on any atom is -0.385 e. The van der Waals surface area contributed by atoms with Crippen molar-refractivity contribution >= 4 is 0 Å². The van der Waals surface area contributed by atoms with Crippen molar-refractivity contribution in [3.05, 3.63) is 35.4 Å². The molecule has 3 heteroatoms. The Morgan fingerprint density at radius 1 is 0.833 bits per heavy atom. The van der Waals surface area contributed by atoms with Crippen LogP contribution in [-0.4, -0.2) is 24.1 Å². The van der Waals surface area contributed by atoms with Gasteiger partial charge in [0.2, 0.25) is 0 Å². The van der Waals surface area contributed by atoms with Gasteiger partial charge in [-0.2, -0.15) is 0 Å². The van der Waals surface area contributed by atoms with E-state index in [1.807, 2.05) is 0 Å². The summed E-state index contributed by atoms with van der Waals surface area (Å²) < 4.78 is 11.7. The lowest BCUT2D eigenvalue weighted by atomic mass is 9.67. The molecule has 1 aromatic rings. The summed E-state index contributed by atoms with van der Waals surface area (Å²) in [5.74, 6) is 1.30. The summed E-state index contributed by atoms with van der Waals surface area (Å²) in [6, 6.07) is 8.44. The molecule has 3 nitrogen and oxygen atoms in total. The Morgan fingerprint density at radius 3 is 1.88 bits per heavy atom. The summed E-state index contributed by atoms with van der Waals surface area (Å²) in [7, 11) is 0. The van der Waals surface area contributed by atoms with Crippen LogP contribution in [0, 0.1) is 18.8 Å². The Hall–Kier alpha value is -0.900. The highest BCUT2D eigenvalue weighted by Gasteiger charge is 2.43. The van der Waals surface area contributed by atoms with Crippen LogP contribution in [0.4, 0.5) is 0 Å². The van der Waals surface area contributed by atoms with E-state index >= 15 is 0 Å². The van der Waals surface area contributed by atoms with Crippen molar-refractivity contribution in [2.24, 2.45) is 11.8 Å². The van der Waals surface area contributed by atoms with Gasteiger partial charge in [0.1, 0.15) is 0 Å². The maximum atomic E-state index is 11.1. The van der Waals surface area contributed by atoms with Crippen LogP contribution in [0.1, 0.15) is 62.5 Å². The first kappa shape index (κ1) is 16.6. The van der Waals surface area contributed by atoms with Gasteiger partial charge in [0, 0.05) is 12.8 Å².